The fourth-order valence-corrected chi connectivity index (χ4v) is 2.78. The van der Waals surface area contributed by atoms with E-state index in [0.717, 1.165) is 5.69 Å². The van der Waals surface area contributed by atoms with E-state index in [1.54, 1.807) is 7.11 Å². The Morgan fingerprint density at radius 2 is 1.81 bits per heavy atom. The van der Waals surface area contributed by atoms with Crippen LogP contribution in [0.2, 0.25) is 0 Å². The van der Waals surface area contributed by atoms with Gasteiger partial charge >= 0.3 is 5.97 Å². The van der Waals surface area contributed by atoms with Crippen molar-refractivity contribution in [1.82, 2.24) is 0 Å². The Balaban J connectivity index is 3.11. The second kappa shape index (κ2) is 7.34. The van der Waals surface area contributed by atoms with Crippen molar-refractivity contribution < 1.29 is 14.6 Å². The maximum Gasteiger partial charge on any atom is 0.329 e. The van der Waals surface area contributed by atoms with Crippen molar-refractivity contribution in [2.24, 2.45) is 11.8 Å². The minimum Gasteiger partial charge on any atom is -0.497 e. The highest BCUT2D eigenvalue weighted by atomic mass is 16.5. The number of carboxylic acid groups (broad SMARTS) is 1. The SMILES string of the molecule is COc1cccc(NC(CC(C)C)(CC(C)C)C(=O)O)c1. The van der Waals surface area contributed by atoms with Crippen LogP contribution in [0.15, 0.2) is 24.3 Å². The van der Waals surface area contributed by atoms with Crippen LogP contribution in [0.25, 0.3) is 0 Å². The summed E-state index contributed by atoms with van der Waals surface area (Å²) in [5, 5.41) is 13.1. The van der Waals surface area contributed by atoms with Crippen LogP contribution < -0.4 is 10.1 Å². The Morgan fingerprint density at radius 3 is 2.24 bits per heavy atom. The smallest absolute Gasteiger partial charge is 0.329 e. The van der Waals surface area contributed by atoms with Gasteiger partial charge in [0.15, 0.2) is 0 Å². The zero-order valence-electron chi connectivity index (χ0n) is 13.6. The van der Waals surface area contributed by atoms with E-state index in [0.29, 0.717) is 18.6 Å². The molecule has 1 aromatic rings. The molecule has 0 radical (unpaired) electrons. The number of benzene rings is 1. The number of anilines is 1. The summed E-state index contributed by atoms with van der Waals surface area (Å²) in [6, 6.07) is 7.41. The van der Waals surface area contributed by atoms with Gasteiger partial charge in [0, 0.05) is 11.8 Å². The molecule has 1 aromatic carbocycles. The van der Waals surface area contributed by atoms with Gasteiger partial charge in [0.2, 0.25) is 0 Å². The molecule has 0 saturated carbocycles. The van der Waals surface area contributed by atoms with Crippen molar-refractivity contribution in [2.45, 2.75) is 46.1 Å². The molecule has 0 aliphatic rings. The van der Waals surface area contributed by atoms with Gasteiger partial charge in [-0.3, -0.25) is 0 Å². The van der Waals surface area contributed by atoms with E-state index >= 15 is 0 Å². The monoisotopic (exact) mass is 293 g/mol. The lowest BCUT2D eigenvalue weighted by Crippen LogP contribution is -2.48. The third-order valence-electron chi connectivity index (χ3n) is 3.38. The number of carbonyl (C=O) groups is 1. The van der Waals surface area contributed by atoms with Crippen molar-refractivity contribution in [3.05, 3.63) is 24.3 Å². The summed E-state index contributed by atoms with van der Waals surface area (Å²) in [7, 11) is 1.60. The lowest BCUT2D eigenvalue weighted by Gasteiger charge is -2.34. The summed E-state index contributed by atoms with van der Waals surface area (Å²) in [6.45, 7) is 8.19. The van der Waals surface area contributed by atoms with Crippen LogP contribution in [-0.2, 0) is 4.79 Å². The third-order valence-corrected chi connectivity index (χ3v) is 3.38. The number of hydrogen-bond acceptors (Lipinski definition) is 3. The van der Waals surface area contributed by atoms with Gasteiger partial charge in [-0.1, -0.05) is 33.8 Å². The van der Waals surface area contributed by atoms with E-state index < -0.39 is 11.5 Å². The van der Waals surface area contributed by atoms with Crippen LogP contribution in [0.1, 0.15) is 40.5 Å². The van der Waals surface area contributed by atoms with E-state index in [9.17, 15) is 9.90 Å². The van der Waals surface area contributed by atoms with Gasteiger partial charge in [-0.15, -0.1) is 0 Å². The van der Waals surface area contributed by atoms with Crippen LogP contribution in [0.5, 0.6) is 5.75 Å². The fourth-order valence-electron chi connectivity index (χ4n) is 2.78. The first-order valence-corrected chi connectivity index (χ1v) is 7.44. The van der Waals surface area contributed by atoms with Gasteiger partial charge in [0.25, 0.3) is 0 Å². The predicted octanol–water partition coefficient (Wildman–Crippen LogP) is 4.02. The topological polar surface area (TPSA) is 58.6 Å². The molecule has 0 unspecified atom stereocenters. The first kappa shape index (κ1) is 17.3. The number of aliphatic carboxylic acids is 1. The van der Waals surface area contributed by atoms with Gasteiger partial charge in [0.1, 0.15) is 11.3 Å². The summed E-state index contributed by atoms with van der Waals surface area (Å²) >= 11 is 0. The number of hydrogen-bond donors (Lipinski definition) is 2. The summed E-state index contributed by atoms with van der Waals surface area (Å²) in [5.41, 5.74) is -0.174. The van der Waals surface area contributed by atoms with Crippen molar-refractivity contribution in [1.29, 1.82) is 0 Å². The Kier molecular flexibility index (Phi) is 6.06. The van der Waals surface area contributed by atoms with Crippen molar-refractivity contribution in [2.75, 3.05) is 12.4 Å². The van der Waals surface area contributed by atoms with Gasteiger partial charge in [0.05, 0.1) is 7.11 Å². The Labute approximate surface area is 127 Å². The summed E-state index contributed by atoms with van der Waals surface area (Å²) in [4.78, 5) is 12.0. The maximum atomic E-state index is 12.0. The molecule has 0 aliphatic carbocycles. The van der Waals surface area contributed by atoms with Crippen LogP contribution >= 0.6 is 0 Å². The second-order valence-electron chi connectivity index (χ2n) is 6.44. The average Bonchev–Trinajstić information content (AvgIpc) is 2.37. The zero-order valence-corrected chi connectivity index (χ0v) is 13.6. The predicted molar refractivity (Wildman–Crippen MR) is 85.9 cm³/mol. The normalized spacial score (nSPS) is 11.8. The molecular formula is C17H27NO3. The standard InChI is InChI=1S/C17H27NO3/c1-12(2)10-17(16(19)20,11-13(3)4)18-14-7-6-8-15(9-14)21-5/h6-9,12-13,18H,10-11H2,1-5H3,(H,19,20). The molecule has 1 rings (SSSR count). The van der Waals surface area contributed by atoms with Crippen molar-refractivity contribution in [3.8, 4) is 5.75 Å². The molecule has 0 fully saturated rings. The largest absolute Gasteiger partial charge is 0.497 e. The molecule has 0 amide bonds. The molecule has 0 aliphatic heterocycles. The highest BCUT2D eigenvalue weighted by Gasteiger charge is 2.39. The number of ether oxygens (including phenoxy) is 1. The minimum atomic E-state index is -0.950. The molecule has 2 N–H and O–H groups in total. The summed E-state index contributed by atoms with van der Waals surface area (Å²) in [5.74, 6) is 0.497. The maximum absolute atomic E-state index is 12.0. The van der Waals surface area contributed by atoms with E-state index in [1.807, 2.05) is 52.0 Å². The van der Waals surface area contributed by atoms with E-state index in [2.05, 4.69) is 5.32 Å². The van der Waals surface area contributed by atoms with Gasteiger partial charge in [-0.25, -0.2) is 4.79 Å². The number of carboxylic acids is 1. The molecule has 0 heterocycles. The van der Waals surface area contributed by atoms with E-state index in [-0.39, 0.29) is 11.8 Å². The molecule has 0 saturated heterocycles. The molecule has 0 spiro atoms. The van der Waals surface area contributed by atoms with Gasteiger partial charge in [-0.2, -0.15) is 0 Å². The van der Waals surface area contributed by atoms with E-state index in [4.69, 9.17) is 4.74 Å². The van der Waals surface area contributed by atoms with Crippen LogP contribution in [0, 0.1) is 11.8 Å². The fraction of sp³-hybridized carbons (Fsp3) is 0.588. The van der Waals surface area contributed by atoms with Gasteiger partial charge < -0.3 is 15.2 Å². The second-order valence-corrected chi connectivity index (χ2v) is 6.44. The third kappa shape index (κ3) is 4.96. The van der Waals surface area contributed by atoms with E-state index in [1.165, 1.54) is 0 Å². The van der Waals surface area contributed by atoms with Crippen molar-refractivity contribution in [3.63, 3.8) is 0 Å². The van der Waals surface area contributed by atoms with Crippen LogP contribution in [0.3, 0.4) is 0 Å². The highest BCUT2D eigenvalue weighted by Crippen LogP contribution is 2.31. The first-order chi connectivity index (χ1) is 9.79. The van der Waals surface area contributed by atoms with Crippen molar-refractivity contribution >= 4 is 11.7 Å². The minimum absolute atomic E-state index is 0.290. The van der Waals surface area contributed by atoms with Gasteiger partial charge in [-0.05, 0) is 36.8 Å². The number of rotatable bonds is 8. The molecule has 4 heteroatoms. The zero-order chi connectivity index (χ0) is 16.0. The molecular weight excluding hydrogens is 266 g/mol. The lowest BCUT2D eigenvalue weighted by atomic mass is 9.81. The molecule has 0 bridgehead atoms. The molecule has 21 heavy (non-hydrogen) atoms. The molecule has 4 nitrogen and oxygen atoms in total. The number of methoxy groups -OCH3 is 1. The van der Waals surface area contributed by atoms with Crippen LogP contribution in [-0.4, -0.2) is 23.7 Å². The number of nitrogens with one attached hydrogen (secondary N) is 1. The highest BCUT2D eigenvalue weighted by molar-refractivity contribution is 5.83. The summed E-state index contributed by atoms with van der Waals surface area (Å²) in [6.07, 6.45) is 1.16. The quantitative estimate of drug-likeness (QED) is 0.760. The van der Waals surface area contributed by atoms with Crippen LogP contribution in [0.4, 0.5) is 5.69 Å². The molecule has 118 valence electrons. The first-order valence-electron chi connectivity index (χ1n) is 7.44. The average molecular weight is 293 g/mol. The Bertz CT molecular complexity index is 459. The molecule has 0 aromatic heterocycles. The Morgan fingerprint density at radius 1 is 1.24 bits per heavy atom. The lowest BCUT2D eigenvalue weighted by molar-refractivity contribution is -0.143. The Hall–Kier alpha value is -1.71. The molecule has 0 atom stereocenters. The summed E-state index contributed by atoms with van der Waals surface area (Å²) < 4.78 is 5.20.